The highest BCUT2D eigenvalue weighted by Crippen LogP contribution is 2.39. The van der Waals surface area contributed by atoms with E-state index in [0.29, 0.717) is 14.9 Å². The molecule has 122 valence electrons. The van der Waals surface area contributed by atoms with Crippen molar-refractivity contribution < 1.29 is 14.9 Å². The number of thiocarbonyl (C=S) groups is 2. The Labute approximate surface area is 154 Å². The zero-order chi connectivity index (χ0) is 17.1. The lowest BCUT2D eigenvalue weighted by Crippen LogP contribution is -2.15. The molecule has 3 N–H and O–H groups in total. The third-order valence-corrected chi connectivity index (χ3v) is 4.87. The van der Waals surface area contributed by atoms with Crippen molar-refractivity contribution in [2.45, 2.75) is 6.61 Å². The molecule has 0 unspecified atom stereocenters. The van der Waals surface area contributed by atoms with Crippen molar-refractivity contribution in [2.75, 3.05) is 0 Å². The summed E-state index contributed by atoms with van der Waals surface area (Å²) < 4.78 is 6.12. The van der Waals surface area contributed by atoms with Crippen LogP contribution in [0.3, 0.4) is 0 Å². The molecule has 1 aliphatic heterocycles. The summed E-state index contributed by atoms with van der Waals surface area (Å²) in [5, 5.41) is 23.2. The van der Waals surface area contributed by atoms with Crippen LogP contribution in [0.25, 0.3) is 6.08 Å². The number of nitrogens with one attached hydrogen (secondary N) is 1. The monoisotopic (exact) mass is 375 g/mol. The molecule has 0 bridgehead atoms. The second-order valence-corrected chi connectivity index (χ2v) is 7.14. The van der Waals surface area contributed by atoms with Crippen LogP contribution in [-0.4, -0.2) is 19.5 Å². The number of benzene rings is 2. The molecule has 3 rings (SSSR count). The minimum absolute atomic E-state index is 0.0521. The summed E-state index contributed by atoms with van der Waals surface area (Å²) >= 11 is 11.6. The van der Waals surface area contributed by atoms with E-state index in [-0.39, 0.29) is 23.9 Å². The molecule has 0 atom stereocenters. The average molecular weight is 375 g/mol. The van der Waals surface area contributed by atoms with Crippen molar-refractivity contribution in [3.8, 4) is 17.2 Å². The summed E-state index contributed by atoms with van der Waals surface area (Å²) in [6.07, 6.45) is 1.75. The highest BCUT2D eigenvalue weighted by molar-refractivity contribution is 8.27. The van der Waals surface area contributed by atoms with Gasteiger partial charge in [0, 0.05) is 4.91 Å². The zero-order valence-electron chi connectivity index (χ0n) is 12.4. The zero-order valence-corrected chi connectivity index (χ0v) is 14.8. The van der Waals surface area contributed by atoms with Gasteiger partial charge in [-0.05, 0) is 29.3 Å². The van der Waals surface area contributed by atoms with Gasteiger partial charge in [-0.1, -0.05) is 66.5 Å². The van der Waals surface area contributed by atoms with Crippen LogP contribution >= 0.6 is 36.2 Å². The SMILES string of the molecule is Oc1cc(/C=C2\SC(=S)NC2=S)cc(O)c1OCc1ccccc1. The minimum Gasteiger partial charge on any atom is -0.504 e. The smallest absolute Gasteiger partial charge is 0.203 e. The number of phenols is 2. The van der Waals surface area contributed by atoms with E-state index in [0.717, 1.165) is 10.5 Å². The standard InChI is InChI=1S/C17H13NO3S3/c19-12-6-11(8-14-16(22)18-17(23)24-14)7-13(20)15(12)21-9-10-4-2-1-3-5-10/h1-8,19-20H,9H2,(H,18,22,23)/b14-8-. The molecule has 0 spiro atoms. The fraction of sp³-hybridized carbons (Fsp3) is 0.0588. The Kier molecular flexibility index (Phi) is 5.03. The van der Waals surface area contributed by atoms with Crippen LogP contribution < -0.4 is 10.1 Å². The van der Waals surface area contributed by atoms with E-state index < -0.39 is 0 Å². The van der Waals surface area contributed by atoms with Gasteiger partial charge in [0.2, 0.25) is 5.75 Å². The second-order valence-electron chi connectivity index (χ2n) is 5.01. The molecule has 1 heterocycles. The number of phenolic OH excluding ortho intramolecular Hbond substituents is 2. The van der Waals surface area contributed by atoms with Crippen molar-refractivity contribution in [3.05, 3.63) is 58.5 Å². The third kappa shape index (κ3) is 3.87. The summed E-state index contributed by atoms with van der Waals surface area (Å²) in [6.45, 7) is 0.251. The average Bonchev–Trinajstić information content (AvgIpc) is 2.85. The van der Waals surface area contributed by atoms with Crippen molar-refractivity contribution in [2.24, 2.45) is 0 Å². The van der Waals surface area contributed by atoms with E-state index in [4.69, 9.17) is 29.2 Å². The normalized spacial score (nSPS) is 15.6. The molecule has 1 saturated heterocycles. The molecule has 2 aromatic rings. The quantitative estimate of drug-likeness (QED) is 0.552. The number of ether oxygens (including phenoxy) is 1. The first kappa shape index (κ1) is 16.8. The van der Waals surface area contributed by atoms with Gasteiger partial charge in [0.15, 0.2) is 11.5 Å². The van der Waals surface area contributed by atoms with Gasteiger partial charge in [-0.25, -0.2) is 0 Å². The van der Waals surface area contributed by atoms with Crippen LogP contribution in [0.4, 0.5) is 0 Å². The Hall–Kier alpha value is -2.09. The van der Waals surface area contributed by atoms with E-state index in [1.54, 1.807) is 6.08 Å². The molecule has 2 aromatic carbocycles. The van der Waals surface area contributed by atoms with Crippen LogP contribution in [-0.2, 0) is 6.61 Å². The van der Waals surface area contributed by atoms with Crippen LogP contribution in [0.1, 0.15) is 11.1 Å². The summed E-state index contributed by atoms with van der Waals surface area (Å²) in [5.41, 5.74) is 1.54. The van der Waals surface area contributed by atoms with Crippen molar-refractivity contribution in [1.82, 2.24) is 5.32 Å². The Bertz CT molecular complexity index is 811. The summed E-state index contributed by atoms with van der Waals surface area (Å²) in [7, 11) is 0. The van der Waals surface area contributed by atoms with Gasteiger partial charge in [0.1, 0.15) is 15.9 Å². The minimum atomic E-state index is -0.137. The number of hydrogen-bond donors (Lipinski definition) is 3. The summed E-state index contributed by atoms with van der Waals surface area (Å²) in [4.78, 5) is 1.31. The lowest BCUT2D eigenvalue weighted by atomic mass is 10.1. The predicted molar refractivity (Wildman–Crippen MR) is 104 cm³/mol. The number of aromatic hydroxyl groups is 2. The predicted octanol–water partition coefficient (Wildman–Crippen LogP) is 3.97. The molecule has 1 aliphatic rings. The number of rotatable bonds is 4. The van der Waals surface area contributed by atoms with Gasteiger partial charge in [-0.15, -0.1) is 0 Å². The maximum Gasteiger partial charge on any atom is 0.203 e. The summed E-state index contributed by atoms with van der Waals surface area (Å²) in [5.74, 6) is -0.222. The lowest BCUT2D eigenvalue weighted by Gasteiger charge is -2.11. The molecule has 1 fully saturated rings. The van der Waals surface area contributed by atoms with E-state index in [1.807, 2.05) is 30.3 Å². The lowest BCUT2D eigenvalue weighted by molar-refractivity contribution is 0.273. The van der Waals surface area contributed by atoms with Crippen molar-refractivity contribution >= 4 is 51.6 Å². The first-order valence-corrected chi connectivity index (χ1v) is 8.64. The van der Waals surface area contributed by atoms with Gasteiger partial charge >= 0.3 is 0 Å². The molecule has 0 aliphatic carbocycles. The molecule has 7 heteroatoms. The first-order chi connectivity index (χ1) is 11.5. The molecular formula is C17H13NO3S3. The van der Waals surface area contributed by atoms with E-state index >= 15 is 0 Å². The van der Waals surface area contributed by atoms with Crippen molar-refractivity contribution in [3.63, 3.8) is 0 Å². The van der Waals surface area contributed by atoms with Gasteiger partial charge in [-0.2, -0.15) is 0 Å². The van der Waals surface area contributed by atoms with Gasteiger partial charge < -0.3 is 20.3 Å². The largest absolute Gasteiger partial charge is 0.504 e. The Morgan fingerprint density at radius 2 is 1.75 bits per heavy atom. The second kappa shape index (κ2) is 7.21. The van der Waals surface area contributed by atoms with E-state index in [2.05, 4.69) is 5.32 Å². The molecule has 24 heavy (non-hydrogen) atoms. The third-order valence-electron chi connectivity index (χ3n) is 3.24. The van der Waals surface area contributed by atoms with E-state index in [1.165, 1.54) is 23.9 Å². The molecular weight excluding hydrogens is 362 g/mol. The number of hydrogen-bond acceptors (Lipinski definition) is 6. The van der Waals surface area contributed by atoms with Crippen LogP contribution in [0.5, 0.6) is 17.2 Å². The Morgan fingerprint density at radius 1 is 1.08 bits per heavy atom. The van der Waals surface area contributed by atoms with Crippen LogP contribution in [0, 0.1) is 0 Å². The van der Waals surface area contributed by atoms with Gasteiger partial charge in [0.05, 0.1) is 0 Å². The molecule has 0 amide bonds. The van der Waals surface area contributed by atoms with Crippen LogP contribution in [0.15, 0.2) is 47.4 Å². The molecule has 0 saturated carbocycles. The van der Waals surface area contributed by atoms with Crippen LogP contribution in [0.2, 0.25) is 0 Å². The molecule has 0 radical (unpaired) electrons. The maximum absolute atomic E-state index is 10.1. The van der Waals surface area contributed by atoms with Gasteiger partial charge in [-0.3, -0.25) is 0 Å². The first-order valence-electron chi connectivity index (χ1n) is 7.00. The molecule has 0 aromatic heterocycles. The molecule has 4 nitrogen and oxygen atoms in total. The fourth-order valence-electron chi connectivity index (χ4n) is 2.15. The Balaban J connectivity index is 1.80. The summed E-state index contributed by atoms with van der Waals surface area (Å²) in [6, 6.07) is 12.5. The maximum atomic E-state index is 10.1. The van der Waals surface area contributed by atoms with E-state index in [9.17, 15) is 10.2 Å². The topological polar surface area (TPSA) is 61.7 Å². The Morgan fingerprint density at radius 3 is 2.33 bits per heavy atom. The highest BCUT2D eigenvalue weighted by atomic mass is 32.2. The van der Waals surface area contributed by atoms with Crippen molar-refractivity contribution in [1.29, 1.82) is 0 Å². The number of thioether (sulfide) groups is 1. The van der Waals surface area contributed by atoms with Gasteiger partial charge in [0.25, 0.3) is 0 Å². The fourth-order valence-corrected chi connectivity index (χ4v) is 3.63. The highest BCUT2D eigenvalue weighted by Gasteiger charge is 2.19.